The molecule has 138 valence electrons. The van der Waals surface area contributed by atoms with Gasteiger partial charge in [-0.15, -0.1) is 10.2 Å². The molecule has 0 spiro atoms. The van der Waals surface area contributed by atoms with Gasteiger partial charge in [0.1, 0.15) is 0 Å². The summed E-state index contributed by atoms with van der Waals surface area (Å²) in [7, 11) is 0. The molecule has 3 N–H and O–H groups in total. The van der Waals surface area contributed by atoms with Crippen LogP contribution in [0.4, 0.5) is 0 Å². The molecule has 0 amide bonds. The highest BCUT2D eigenvalue weighted by molar-refractivity contribution is 7.98. The third-order valence-electron chi connectivity index (χ3n) is 4.26. The maximum Gasteiger partial charge on any atom is 0.276 e. The fourth-order valence-electron chi connectivity index (χ4n) is 2.86. The molecule has 2 aromatic heterocycles. The number of aromatic amines is 1. The minimum atomic E-state index is -0.380. The Bertz CT molecular complexity index is 1060. The molecule has 8 heteroatoms. The average molecular weight is 419 g/mol. The van der Waals surface area contributed by atoms with Crippen molar-refractivity contribution in [2.45, 2.75) is 23.4 Å². The molecule has 1 unspecified atom stereocenters. The van der Waals surface area contributed by atoms with E-state index in [1.807, 2.05) is 30.5 Å². The molecule has 0 fully saturated rings. The Morgan fingerprint density at radius 3 is 2.67 bits per heavy atom. The van der Waals surface area contributed by atoms with Crippen LogP contribution in [-0.4, -0.2) is 15.2 Å². The molecule has 0 aliphatic carbocycles. The van der Waals surface area contributed by atoms with Crippen LogP contribution < -0.4 is 5.73 Å². The zero-order valence-electron chi connectivity index (χ0n) is 14.2. The van der Waals surface area contributed by atoms with Gasteiger partial charge in [0.15, 0.2) is 0 Å². The third kappa shape index (κ3) is 3.99. The summed E-state index contributed by atoms with van der Waals surface area (Å²) in [5.74, 6) is 0.950. The maximum absolute atomic E-state index is 6.28. The van der Waals surface area contributed by atoms with Crippen LogP contribution in [0.2, 0.25) is 10.0 Å². The summed E-state index contributed by atoms with van der Waals surface area (Å²) >= 11 is 13.8. The van der Waals surface area contributed by atoms with Crippen LogP contribution in [0.3, 0.4) is 0 Å². The van der Waals surface area contributed by atoms with E-state index in [1.54, 1.807) is 12.1 Å². The van der Waals surface area contributed by atoms with E-state index in [0.717, 1.165) is 22.0 Å². The molecule has 1 atom stereocenters. The van der Waals surface area contributed by atoms with Crippen molar-refractivity contribution in [1.82, 2.24) is 15.2 Å². The number of hydrogen-bond acceptors (Lipinski definition) is 5. The summed E-state index contributed by atoms with van der Waals surface area (Å²) in [6, 6.07) is 13.1. The molecule has 2 aromatic carbocycles. The Morgan fingerprint density at radius 1 is 1.07 bits per heavy atom. The van der Waals surface area contributed by atoms with Gasteiger partial charge in [-0.1, -0.05) is 59.2 Å². The summed E-state index contributed by atoms with van der Waals surface area (Å²) in [6.45, 7) is 0. The van der Waals surface area contributed by atoms with E-state index in [-0.39, 0.29) is 6.04 Å². The van der Waals surface area contributed by atoms with Gasteiger partial charge < -0.3 is 15.1 Å². The fraction of sp³-hybridized carbons (Fsp3) is 0.158. The first-order valence-corrected chi connectivity index (χ1v) is 10.1. The van der Waals surface area contributed by atoms with Crippen molar-refractivity contribution in [2.75, 3.05) is 0 Å². The normalized spacial score (nSPS) is 12.6. The molecule has 0 radical (unpaired) electrons. The standard InChI is InChI=1S/C19H16Cl2N4OS/c20-14-5-3-6-15(21)13(14)10-27-19-25-24-18(26-19)16(22)8-11-9-23-17-7-2-1-4-12(11)17/h1-7,9,16,23H,8,10,22H2. The number of aromatic nitrogens is 3. The van der Waals surface area contributed by atoms with Gasteiger partial charge in [-0.3, -0.25) is 0 Å². The molecule has 0 bridgehead atoms. The van der Waals surface area contributed by atoms with E-state index in [9.17, 15) is 0 Å². The predicted molar refractivity (Wildman–Crippen MR) is 109 cm³/mol. The number of para-hydroxylation sites is 1. The monoisotopic (exact) mass is 418 g/mol. The molecule has 4 aromatic rings. The van der Waals surface area contributed by atoms with Crippen molar-refractivity contribution in [3.8, 4) is 0 Å². The molecule has 4 rings (SSSR count). The van der Waals surface area contributed by atoms with E-state index in [4.69, 9.17) is 33.4 Å². The van der Waals surface area contributed by atoms with Crippen LogP contribution in [0.1, 0.15) is 23.1 Å². The number of rotatable bonds is 6. The zero-order chi connectivity index (χ0) is 18.8. The number of fused-ring (bicyclic) bond motifs is 1. The van der Waals surface area contributed by atoms with Crippen molar-refractivity contribution in [3.63, 3.8) is 0 Å². The second kappa shape index (κ2) is 7.94. The maximum atomic E-state index is 6.28. The molecule has 27 heavy (non-hydrogen) atoms. The lowest BCUT2D eigenvalue weighted by Gasteiger charge is -2.06. The smallest absolute Gasteiger partial charge is 0.276 e. The molecule has 5 nitrogen and oxygen atoms in total. The second-order valence-electron chi connectivity index (χ2n) is 6.07. The van der Waals surface area contributed by atoms with E-state index < -0.39 is 0 Å². The molecule has 2 heterocycles. The highest BCUT2D eigenvalue weighted by Crippen LogP contribution is 2.31. The SMILES string of the molecule is NC(Cc1c[nH]c2ccccc12)c1nnc(SCc2c(Cl)cccc2Cl)o1. The van der Waals surface area contributed by atoms with Crippen molar-refractivity contribution < 1.29 is 4.42 Å². The largest absolute Gasteiger partial charge is 0.414 e. The topological polar surface area (TPSA) is 80.7 Å². The van der Waals surface area contributed by atoms with E-state index in [1.165, 1.54) is 11.8 Å². The van der Waals surface area contributed by atoms with Crippen molar-refractivity contribution >= 4 is 45.9 Å². The van der Waals surface area contributed by atoms with Gasteiger partial charge in [0.25, 0.3) is 5.22 Å². The Balaban J connectivity index is 1.44. The lowest BCUT2D eigenvalue weighted by atomic mass is 10.1. The van der Waals surface area contributed by atoms with E-state index in [2.05, 4.69) is 21.2 Å². The Morgan fingerprint density at radius 2 is 1.85 bits per heavy atom. The van der Waals surface area contributed by atoms with Gasteiger partial charge in [0, 0.05) is 32.9 Å². The highest BCUT2D eigenvalue weighted by atomic mass is 35.5. The quantitative estimate of drug-likeness (QED) is 0.410. The fourth-order valence-corrected chi connectivity index (χ4v) is 4.37. The van der Waals surface area contributed by atoms with Crippen LogP contribution in [0, 0.1) is 0 Å². The van der Waals surface area contributed by atoms with Gasteiger partial charge in [-0.05, 0) is 35.7 Å². The highest BCUT2D eigenvalue weighted by Gasteiger charge is 2.18. The first kappa shape index (κ1) is 18.4. The van der Waals surface area contributed by atoms with E-state index >= 15 is 0 Å². The molecule has 0 saturated carbocycles. The molecule has 0 aliphatic heterocycles. The number of halogens is 2. The lowest BCUT2D eigenvalue weighted by molar-refractivity contribution is 0.385. The zero-order valence-corrected chi connectivity index (χ0v) is 16.5. The number of benzene rings is 2. The van der Waals surface area contributed by atoms with Crippen LogP contribution in [0.15, 0.2) is 58.3 Å². The summed E-state index contributed by atoms with van der Waals surface area (Å²) < 4.78 is 5.73. The number of H-pyrrole nitrogens is 1. The average Bonchev–Trinajstić information content (AvgIpc) is 3.29. The van der Waals surface area contributed by atoms with Crippen LogP contribution in [0.5, 0.6) is 0 Å². The van der Waals surface area contributed by atoms with Gasteiger partial charge in [-0.2, -0.15) is 0 Å². The number of nitrogens with zero attached hydrogens (tertiary/aromatic N) is 2. The van der Waals surface area contributed by atoms with Crippen molar-refractivity contribution in [1.29, 1.82) is 0 Å². The summed E-state index contributed by atoms with van der Waals surface area (Å²) in [4.78, 5) is 3.25. The first-order valence-electron chi connectivity index (χ1n) is 8.31. The van der Waals surface area contributed by atoms with Gasteiger partial charge in [-0.25, -0.2) is 0 Å². The Labute approximate surface area is 170 Å². The lowest BCUT2D eigenvalue weighted by Crippen LogP contribution is -2.13. The number of hydrogen-bond donors (Lipinski definition) is 2. The number of thioether (sulfide) groups is 1. The third-order valence-corrected chi connectivity index (χ3v) is 5.81. The molecular formula is C19H16Cl2N4OS. The van der Waals surface area contributed by atoms with Gasteiger partial charge in [0.05, 0.1) is 6.04 Å². The van der Waals surface area contributed by atoms with Gasteiger partial charge >= 0.3 is 0 Å². The number of nitrogens with two attached hydrogens (primary N) is 1. The van der Waals surface area contributed by atoms with E-state index in [0.29, 0.717) is 33.3 Å². The van der Waals surface area contributed by atoms with Crippen molar-refractivity contribution in [2.24, 2.45) is 5.73 Å². The predicted octanol–water partition coefficient (Wildman–Crippen LogP) is 5.39. The molecule has 0 aliphatic rings. The van der Waals surface area contributed by atoms with Crippen LogP contribution >= 0.6 is 35.0 Å². The minimum absolute atomic E-state index is 0.380. The summed E-state index contributed by atoms with van der Waals surface area (Å²) in [5, 5.41) is 11.0. The van der Waals surface area contributed by atoms with Crippen LogP contribution in [-0.2, 0) is 12.2 Å². The molecule has 0 saturated heterocycles. The minimum Gasteiger partial charge on any atom is -0.414 e. The van der Waals surface area contributed by atoms with Crippen LogP contribution in [0.25, 0.3) is 10.9 Å². The molecular weight excluding hydrogens is 403 g/mol. The van der Waals surface area contributed by atoms with Crippen molar-refractivity contribution in [3.05, 3.63) is 75.7 Å². The summed E-state index contributed by atoms with van der Waals surface area (Å²) in [6.07, 6.45) is 2.57. The number of nitrogens with one attached hydrogen (secondary N) is 1. The van der Waals surface area contributed by atoms with Gasteiger partial charge in [0.2, 0.25) is 5.89 Å². The first-order chi connectivity index (χ1) is 13.1. The Hall–Kier alpha value is -1.99. The Kier molecular flexibility index (Phi) is 5.41. The second-order valence-corrected chi connectivity index (χ2v) is 7.81. The summed E-state index contributed by atoms with van der Waals surface area (Å²) in [5.41, 5.74) is 9.33.